The number of ether oxygens (including phenoxy) is 3. The zero-order chi connectivity index (χ0) is 35.6. The standard InChI is InChI=1S/C46H29N5O3/c1-5-13-41-33(9-1)49-36-25-29(18-20-42(36)52-41)30-17-19-40-46(26-30)54-45-16-8-4-12-39(45)51(40)32-22-24-48-35(28-32)34-27-31(21-23-47-34)50-37-10-2-6-14-43(37)53-44-15-7-3-11-38(44)50/h1-28,49H. The highest BCUT2D eigenvalue weighted by Gasteiger charge is 2.28. The van der Waals surface area contributed by atoms with Crippen LogP contribution in [0.2, 0.25) is 0 Å². The molecule has 0 bridgehead atoms. The molecule has 0 saturated heterocycles. The van der Waals surface area contributed by atoms with Crippen LogP contribution in [0.5, 0.6) is 34.5 Å². The van der Waals surface area contributed by atoms with Gasteiger partial charge >= 0.3 is 0 Å². The highest BCUT2D eigenvalue weighted by Crippen LogP contribution is 2.53. The van der Waals surface area contributed by atoms with E-state index in [-0.39, 0.29) is 0 Å². The van der Waals surface area contributed by atoms with Crippen LogP contribution in [0, 0.1) is 0 Å². The fraction of sp³-hybridized carbons (Fsp3) is 0. The molecule has 0 atom stereocenters. The van der Waals surface area contributed by atoms with Crippen LogP contribution in [0.3, 0.4) is 0 Å². The normalized spacial score (nSPS) is 13.0. The Morgan fingerprint density at radius 1 is 0.370 bits per heavy atom. The predicted octanol–water partition coefficient (Wildman–Crippen LogP) is 12.8. The fourth-order valence-electron chi connectivity index (χ4n) is 7.41. The Morgan fingerprint density at radius 2 is 0.833 bits per heavy atom. The maximum absolute atomic E-state index is 6.58. The minimum Gasteiger partial charge on any atom is -0.453 e. The van der Waals surface area contributed by atoms with Gasteiger partial charge in [-0.3, -0.25) is 9.97 Å². The number of aromatic nitrogens is 2. The highest BCUT2D eigenvalue weighted by molar-refractivity contribution is 5.90. The number of para-hydroxylation sites is 8. The van der Waals surface area contributed by atoms with E-state index in [0.29, 0.717) is 0 Å². The molecule has 1 N–H and O–H groups in total. The molecule has 8 aromatic rings. The minimum atomic E-state index is 0.747. The fourth-order valence-corrected chi connectivity index (χ4v) is 7.41. The SMILES string of the molecule is c1ccc2c(c1)Nc1cc(-c3ccc4c(c3)Oc3ccccc3N4c3ccnc(-c4cc(N5c6ccccc6Oc6ccccc65)ccn4)c3)ccc1O2. The summed E-state index contributed by atoms with van der Waals surface area (Å²) in [6, 6.07) is 52.9. The van der Waals surface area contributed by atoms with Crippen molar-refractivity contribution in [2.24, 2.45) is 0 Å². The molecule has 0 radical (unpaired) electrons. The first kappa shape index (κ1) is 30.1. The summed E-state index contributed by atoms with van der Waals surface area (Å²) in [5.41, 5.74) is 11.1. The zero-order valence-electron chi connectivity index (χ0n) is 28.7. The van der Waals surface area contributed by atoms with E-state index in [9.17, 15) is 0 Å². The molecule has 8 heteroatoms. The van der Waals surface area contributed by atoms with Gasteiger partial charge in [-0.25, -0.2) is 0 Å². The first-order chi connectivity index (χ1) is 26.7. The van der Waals surface area contributed by atoms with Crippen molar-refractivity contribution in [1.82, 2.24) is 9.97 Å². The average Bonchev–Trinajstić information content (AvgIpc) is 3.23. The zero-order valence-corrected chi connectivity index (χ0v) is 28.7. The van der Waals surface area contributed by atoms with Crippen molar-refractivity contribution in [2.45, 2.75) is 0 Å². The minimum absolute atomic E-state index is 0.747. The maximum atomic E-state index is 6.58. The number of hydrogen-bond acceptors (Lipinski definition) is 8. The van der Waals surface area contributed by atoms with Crippen LogP contribution in [0.15, 0.2) is 170 Å². The van der Waals surface area contributed by atoms with Crippen molar-refractivity contribution in [3.8, 4) is 57.0 Å². The summed E-state index contributed by atoms with van der Waals surface area (Å²) in [7, 11) is 0. The van der Waals surface area contributed by atoms with Crippen molar-refractivity contribution in [2.75, 3.05) is 15.1 Å². The topological polar surface area (TPSA) is 72.0 Å². The summed E-state index contributed by atoms with van der Waals surface area (Å²) in [6.45, 7) is 0. The Labute approximate surface area is 311 Å². The lowest BCUT2D eigenvalue weighted by Gasteiger charge is -2.33. The monoisotopic (exact) mass is 699 g/mol. The van der Waals surface area contributed by atoms with Gasteiger partial charge in [0.05, 0.1) is 56.9 Å². The number of hydrogen-bond donors (Lipinski definition) is 1. The van der Waals surface area contributed by atoms with Crippen molar-refractivity contribution >= 4 is 45.5 Å². The molecule has 11 rings (SSSR count). The molecule has 5 heterocycles. The van der Waals surface area contributed by atoms with Gasteiger partial charge in [0.1, 0.15) is 0 Å². The second-order valence-corrected chi connectivity index (χ2v) is 13.2. The lowest BCUT2D eigenvalue weighted by molar-refractivity contribution is 0.477. The van der Waals surface area contributed by atoms with Gasteiger partial charge < -0.3 is 29.3 Å². The number of pyridine rings is 2. The van der Waals surface area contributed by atoms with E-state index in [2.05, 4.69) is 75.8 Å². The second-order valence-electron chi connectivity index (χ2n) is 13.2. The number of fused-ring (bicyclic) bond motifs is 6. The van der Waals surface area contributed by atoms with Crippen LogP contribution in [-0.4, -0.2) is 9.97 Å². The lowest BCUT2D eigenvalue weighted by atomic mass is 10.0. The number of nitrogens with zero attached hydrogens (tertiary/aromatic N) is 4. The molecule has 0 fully saturated rings. The van der Waals surface area contributed by atoms with Crippen LogP contribution in [0.4, 0.5) is 45.5 Å². The lowest BCUT2D eigenvalue weighted by Crippen LogP contribution is -2.16. The van der Waals surface area contributed by atoms with Crippen LogP contribution >= 0.6 is 0 Å². The molecule has 3 aliphatic heterocycles. The molecule has 0 unspecified atom stereocenters. The van der Waals surface area contributed by atoms with Crippen molar-refractivity contribution < 1.29 is 14.2 Å². The molecule has 0 amide bonds. The molecule has 54 heavy (non-hydrogen) atoms. The van der Waals surface area contributed by atoms with Crippen molar-refractivity contribution in [3.63, 3.8) is 0 Å². The second kappa shape index (κ2) is 12.0. The molecule has 256 valence electrons. The quantitative estimate of drug-likeness (QED) is 0.195. The Balaban J connectivity index is 0.964. The van der Waals surface area contributed by atoms with Gasteiger partial charge in [0.2, 0.25) is 0 Å². The van der Waals surface area contributed by atoms with Gasteiger partial charge in [-0.15, -0.1) is 0 Å². The van der Waals surface area contributed by atoms with E-state index in [1.54, 1.807) is 0 Å². The van der Waals surface area contributed by atoms with E-state index in [1.807, 2.05) is 109 Å². The van der Waals surface area contributed by atoms with Crippen molar-refractivity contribution in [1.29, 1.82) is 0 Å². The van der Waals surface area contributed by atoms with Crippen LogP contribution in [-0.2, 0) is 0 Å². The third-order valence-electron chi connectivity index (χ3n) is 9.91. The third kappa shape index (κ3) is 4.92. The molecule has 8 nitrogen and oxygen atoms in total. The van der Waals surface area contributed by atoms with Crippen molar-refractivity contribution in [3.05, 3.63) is 170 Å². The van der Waals surface area contributed by atoms with Gasteiger partial charge in [0.25, 0.3) is 0 Å². The van der Waals surface area contributed by atoms with Gasteiger partial charge in [-0.05, 0) is 108 Å². The van der Waals surface area contributed by atoms with E-state index in [0.717, 1.165) is 103 Å². The summed E-state index contributed by atoms with van der Waals surface area (Å²) < 4.78 is 19.0. The van der Waals surface area contributed by atoms with E-state index < -0.39 is 0 Å². The van der Waals surface area contributed by atoms with Gasteiger partial charge in [0.15, 0.2) is 34.5 Å². The molecule has 0 spiro atoms. The van der Waals surface area contributed by atoms with Crippen LogP contribution in [0.25, 0.3) is 22.5 Å². The Kier molecular flexibility index (Phi) is 6.69. The predicted molar refractivity (Wildman–Crippen MR) is 212 cm³/mol. The van der Waals surface area contributed by atoms with Crippen LogP contribution in [0.1, 0.15) is 0 Å². The van der Waals surface area contributed by atoms with Gasteiger partial charge in [-0.1, -0.05) is 60.7 Å². The summed E-state index contributed by atoms with van der Waals surface area (Å²) >= 11 is 0. The summed E-state index contributed by atoms with van der Waals surface area (Å²) in [4.78, 5) is 14.0. The average molecular weight is 700 g/mol. The Bertz CT molecular complexity index is 2740. The molecule has 0 saturated carbocycles. The summed E-state index contributed by atoms with van der Waals surface area (Å²) in [5.74, 6) is 4.72. The van der Waals surface area contributed by atoms with Crippen LogP contribution < -0.4 is 29.3 Å². The number of benzene rings is 6. The first-order valence-electron chi connectivity index (χ1n) is 17.7. The van der Waals surface area contributed by atoms with E-state index >= 15 is 0 Å². The number of nitrogens with one attached hydrogen (secondary N) is 1. The summed E-state index contributed by atoms with van der Waals surface area (Å²) in [6.07, 6.45) is 3.67. The molecule has 6 aromatic carbocycles. The first-order valence-corrected chi connectivity index (χ1v) is 17.7. The third-order valence-corrected chi connectivity index (χ3v) is 9.91. The largest absolute Gasteiger partial charge is 0.453 e. The number of rotatable bonds is 4. The molecule has 2 aromatic heterocycles. The van der Waals surface area contributed by atoms with Gasteiger partial charge in [0, 0.05) is 12.4 Å². The Hall–Kier alpha value is -7.58. The smallest absolute Gasteiger partial charge is 0.152 e. The molecular formula is C46H29N5O3. The molecule has 3 aliphatic rings. The maximum Gasteiger partial charge on any atom is 0.152 e. The van der Waals surface area contributed by atoms with Gasteiger partial charge in [-0.2, -0.15) is 0 Å². The van der Waals surface area contributed by atoms with E-state index in [4.69, 9.17) is 24.2 Å². The van der Waals surface area contributed by atoms with E-state index in [1.165, 1.54) is 0 Å². The Morgan fingerprint density at radius 3 is 1.46 bits per heavy atom. The molecular weight excluding hydrogens is 671 g/mol. The number of anilines is 8. The highest BCUT2D eigenvalue weighted by atomic mass is 16.5. The summed E-state index contributed by atoms with van der Waals surface area (Å²) in [5, 5.41) is 3.52. The molecule has 0 aliphatic carbocycles.